The van der Waals surface area contributed by atoms with E-state index in [1.165, 1.54) is 12.1 Å². The molecule has 0 N–H and O–H groups in total. The van der Waals surface area contributed by atoms with E-state index < -0.39 is 4.92 Å². The first-order valence-electron chi connectivity index (χ1n) is 8.44. The Labute approximate surface area is 155 Å². The number of methoxy groups -OCH3 is 1. The second-order valence-corrected chi connectivity index (χ2v) is 6.13. The van der Waals surface area contributed by atoms with Crippen molar-refractivity contribution in [3.05, 3.63) is 88.4 Å². The molecule has 0 saturated carbocycles. The SMILES string of the molecule is COc1ccc(N2N=C(c3ccc([N+](=O)[O-])cc3)CC2c2ccco2)cc1. The van der Waals surface area contributed by atoms with Gasteiger partial charge in [0.05, 0.1) is 29.7 Å². The molecule has 0 bridgehead atoms. The van der Waals surface area contributed by atoms with Crippen LogP contribution in [0, 0.1) is 10.1 Å². The standard InChI is InChI=1S/C20H17N3O4/c1-26-17-10-8-15(9-11-17)22-19(20-3-2-12-27-20)13-18(21-22)14-4-6-16(7-5-14)23(24)25/h2-12,19H,13H2,1H3. The van der Waals surface area contributed by atoms with Gasteiger partial charge in [0.2, 0.25) is 0 Å². The first-order chi connectivity index (χ1) is 13.2. The second-order valence-electron chi connectivity index (χ2n) is 6.13. The fourth-order valence-corrected chi connectivity index (χ4v) is 3.14. The van der Waals surface area contributed by atoms with Crippen molar-refractivity contribution in [2.75, 3.05) is 12.1 Å². The van der Waals surface area contributed by atoms with Crippen LogP contribution in [0.3, 0.4) is 0 Å². The zero-order valence-corrected chi connectivity index (χ0v) is 14.6. The van der Waals surface area contributed by atoms with E-state index in [1.54, 1.807) is 25.5 Å². The van der Waals surface area contributed by atoms with E-state index in [-0.39, 0.29) is 11.7 Å². The summed E-state index contributed by atoms with van der Waals surface area (Å²) in [4.78, 5) is 10.5. The summed E-state index contributed by atoms with van der Waals surface area (Å²) < 4.78 is 10.8. The third-order valence-electron chi connectivity index (χ3n) is 4.53. The van der Waals surface area contributed by atoms with Gasteiger partial charge in [0.1, 0.15) is 17.6 Å². The van der Waals surface area contributed by atoms with E-state index in [1.807, 2.05) is 41.4 Å². The Hall–Kier alpha value is -3.61. The lowest BCUT2D eigenvalue weighted by Gasteiger charge is -2.22. The van der Waals surface area contributed by atoms with Crippen LogP contribution in [0.2, 0.25) is 0 Å². The Morgan fingerprint density at radius 1 is 1.15 bits per heavy atom. The second kappa shape index (κ2) is 6.95. The van der Waals surface area contributed by atoms with Crippen molar-refractivity contribution < 1.29 is 14.1 Å². The Balaban J connectivity index is 1.69. The fourth-order valence-electron chi connectivity index (χ4n) is 3.14. The molecule has 136 valence electrons. The van der Waals surface area contributed by atoms with Crippen molar-refractivity contribution in [2.24, 2.45) is 5.10 Å². The van der Waals surface area contributed by atoms with Gasteiger partial charge < -0.3 is 9.15 Å². The van der Waals surface area contributed by atoms with Gasteiger partial charge in [-0.2, -0.15) is 5.10 Å². The van der Waals surface area contributed by atoms with Gasteiger partial charge in [-0.05, 0) is 54.1 Å². The van der Waals surface area contributed by atoms with Gasteiger partial charge in [0, 0.05) is 18.6 Å². The Bertz CT molecular complexity index is 963. The molecule has 0 fully saturated rings. The number of nitro benzene ring substituents is 1. The molecule has 1 unspecified atom stereocenters. The summed E-state index contributed by atoms with van der Waals surface area (Å²) in [6.07, 6.45) is 2.28. The molecular formula is C20H17N3O4. The third kappa shape index (κ3) is 3.27. The number of anilines is 1. The Morgan fingerprint density at radius 2 is 1.89 bits per heavy atom. The highest BCUT2D eigenvalue weighted by molar-refractivity contribution is 6.03. The van der Waals surface area contributed by atoms with Crippen LogP contribution >= 0.6 is 0 Å². The monoisotopic (exact) mass is 363 g/mol. The molecular weight excluding hydrogens is 346 g/mol. The van der Waals surface area contributed by atoms with Gasteiger partial charge in [-0.25, -0.2) is 0 Å². The number of furan rings is 1. The van der Waals surface area contributed by atoms with E-state index in [0.29, 0.717) is 6.42 Å². The number of hydrogen-bond acceptors (Lipinski definition) is 6. The van der Waals surface area contributed by atoms with Crippen LogP contribution in [0.25, 0.3) is 0 Å². The van der Waals surface area contributed by atoms with Gasteiger partial charge in [0.25, 0.3) is 5.69 Å². The maximum absolute atomic E-state index is 10.9. The molecule has 0 amide bonds. The third-order valence-corrected chi connectivity index (χ3v) is 4.53. The highest BCUT2D eigenvalue weighted by atomic mass is 16.6. The maximum atomic E-state index is 10.9. The molecule has 0 saturated heterocycles. The van der Waals surface area contributed by atoms with E-state index in [9.17, 15) is 10.1 Å². The molecule has 0 aliphatic carbocycles. The zero-order valence-electron chi connectivity index (χ0n) is 14.6. The van der Waals surface area contributed by atoms with Gasteiger partial charge in [0.15, 0.2) is 0 Å². The Kier molecular flexibility index (Phi) is 4.33. The molecule has 2 aromatic carbocycles. The molecule has 2 heterocycles. The number of hydrazone groups is 1. The highest BCUT2D eigenvalue weighted by Crippen LogP contribution is 2.37. The molecule has 27 heavy (non-hydrogen) atoms. The number of hydrogen-bond donors (Lipinski definition) is 0. The average Bonchev–Trinajstić information content (AvgIpc) is 3.38. The number of non-ortho nitro benzene ring substituents is 1. The fraction of sp³-hybridized carbons (Fsp3) is 0.150. The quantitative estimate of drug-likeness (QED) is 0.490. The van der Waals surface area contributed by atoms with E-state index >= 15 is 0 Å². The minimum Gasteiger partial charge on any atom is -0.497 e. The summed E-state index contributed by atoms with van der Waals surface area (Å²) in [5, 5.41) is 17.6. The maximum Gasteiger partial charge on any atom is 0.269 e. The van der Waals surface area contributed by atoms with Crippen molar-refractivity contribution in [1.82, 2.24) is 0 Å². The molecule has 1 aliphatic heterocycles. The van der Waals surface area contributed by atoms with Crippen LogP contribution in [-0.4, -0.2) is 17.7 Å². The molecule has 4 rings (SSSR count). The number of rotatable bonds is 5. The first-order valence-corrected chi connectivity index (χ1v) is 8.44. The van der Waals surface area contributed by atoms with Gasteiger partial charge >= 0.3 is 0 Å². The van der Waals surface area contributed by atoms with Crippen LogP contribution in [0.1, 0.15) is 23.8 Å². The summed E-state index contributed by atoms with van der Waals surface area (Å²) in [7, 11) is 1.63. The van der Waals surface area contributed by atoms with Crippen LogP contribution in [0.5, 0.6) is 5.75 Å². The number of nitro groups is 1. The van der Waals surface area contributed by atoms with Crippen LogP contribution in [0.4, 0.5) is 11.4 Å². The van der Waals surface area contributed by atoms with Gasteiger partial charge in [-0.1, -0.05) is 0 Å². The van der Waals surface area contributed by atoms with E-state index in [2.05, 4.69) is 0 Å². The smallest absolute Gasteiger partial charge is 0.269 e. The summed E-state index contributed by atoms with van der Waals surface area (Å²) >= 11 is 0. The van der Waals surface area contributed by atoms with Crippen molar-refractivity contribution in [2.45, 2.75) is 12.5 Å². The van der Waals surface area contributed by atoms with Crippen LogP contribution < -0.4 is 9.75 Å². The van der Waals surface area contributed by atoms with Gasteiger partial charge in [-0.15, -0.1) is 0 Å². The minimum atomic E-state index is -0.407. The summed E-state index contributed by atoms with van der Waals surface area (Å²) in [6, 6.07) is 17.8. The normalized spacial score (nSPS) is 16.3. The van der Waals surface area contributed by atoms with Crippen molar-refractivity contribution >= 4 is 17.1 Å². The molecule has 3 aromatic rings. The highest BCUT2D eigenvalue weighted by Gasteiger charge is 2.32. The number of ether oxygens (including phenoxy) is 1. The summed E-state index contributed by atoms with van der Waals surface area (Å²) in [5.74, 6) is 1.58. The van der Waals surface area contributed by atoms with Crippen molar-refractivity contribution in [3.8, 4) is 5.75 Å². The van der Waals surface area contributed by atoms with Gasteiger partial charge in [-0.3, -0.25) is 15.1 Å². The largest absolute Gasteiger partial charge is 0.497 e. The predicted octanol–water partition coefficient (Wildman–Crippen LogP) is 4.55. The summed E-state index contributed by atoms with van der Waals surface area (Å²) in [6.45, 7) is 0. The molecule has 1 aliphatic rings. The predicted molar refractivity (Wildman–Crippen MR) is 101 cm³/mol. The lowest BCUT2D eigenvalue weighted by molar-refractivity contribution is -0.384. The molecule has 0 spiro atoms. The number of nitrogens with zero attached hydrogens (tertiary/aromatic N) is 3. The minimum absolute atomic E-state index is 0.0620. The van der Waals surface area contributed by atoms with Crippen molar-refractivity contribution in [3.63, 3.8) is 0 Å². The van der Waals surface area contributed by atoms with E-state index in [4.69, 9.17) is 14.3 Å². The average molecular weight is 363 g/mol. The van der Waals surface area contributed by atoms with Crippen molar-refractivity contribution in [1.29, 1.82) is 0 Å². The molecule has 0 radical (unpaired) electrons. The Morgan fingerprint density at radius 3 is 2.48 bits per heavy atom. The molecule has 1 aromatic heterocycles. The lowest BCUT2D eigenvalue weighted by Crippen LogP contribution is -2.17. The van der Waals surface area contributed by atoms with Crippen LogP contribution in [-0.2, 0) is 0 Å². The first kappa shape index (κ1) is 16.8. The number of benzene rings is 2. The van der Waals surface area contributed by atoms with Crippen LogP contribution in [0.15, 0.2) is 76.4 Å². The zero-order chi connectivity index (χ0) is 18.8. The van der Waals surface area contributed by atoms with E-state index in [0.717, 1.165) is 28.5 Å². The molecule has 1 atom stereocenters. The lowest BCUT2D eigenvalue weighted by atomic mass is 10.0. The molecule has 7 nitrogen and oxygen atoms in total. The topological polar surface area (TPSA) is 81.1 Å². The molecule has 7 heteroatoms. The summed E-state index contributed by atoms with van der Waals surface area (Å²) in [5.41, 5.74) is 2.68.